The van der Waals surface area contributed by atoms with Gasteiger partial charge in [-0.25, -0.2) is 0 Å². The molecule has 1 aliphatic carbocycles. The Hall–Kier alpha value is -2.28. The molecular weight excluding hydrogens is 362 g/mol. The van der Waals surface area contributed by atoms with Crippen molar-refractivity contribution >= 4 is 35.9 Å². The number of hydrogen-bond acceptors (Lipinski definition) is 5. The number of carbonyl (C=O) groups is 2. The van der Waals surface area contributed by atoms with Crippen LogP contribution >= 0.6 is 11.8 Å². The predicted molar refractivity (Wildman–Crippen MR) is 106 cm³/mol. The largest absolute Gasteiger partial charge is 0.411 e. The number of hydrogen-bond donors (Lipinski definition) is 1. The summed E-state index contributed by atoms with van der Waals surface area (Å²) in [6.07, 6.45) is 6.24. The highest BCUT2D eigenvalue weighted by Gasteiger charge is 2.40. The van der Waals surface area contributed by atoms with Gasteiger partial charge in [-0.1, -0.05) is 41.1 Å². The van der Waals surface area contributed by atoms with Crippen molar-refractivity contribution in [3.05, 3.63) is 41.0 Å². The number of thioether (sulfide) groups is 1. The molecule has 2 atom stereocenters. The van der Waals surface area contributed by atoms with Crippen LogP contribution in [0.4, 0.5) is 0 Å². The van der Waals surface area contributed by atoms with Crippen LogP contribution in [0.5, 0.6) is 0 Å². The molecule has 2 amide bonds. The first-order chi connectivity index (χ1) is 13.2. The fourth-order valence-corrected chi connectivity index (χ4v) is 5.29. The van der Waals surface area contributed by atoms with E-state index < -0.39 is 6.04 Å². The normalized spacial score (nSPS) is 24.5. The summed E-state index contributed by atoms with van der Waals surface area (Å²) < 4.78 is 0. The second-order valence-corrected chi connectivity index (χ2v) is 8.24. The lowest BCUT2D eigenvalue weighted by molar-refractivity contribution is -0.143. The molecule has 27 heavy (non-hydrogen) atoms. The monoisotopic (exact) mass is 385 g/mol. The average molecular weight is 385 g/mol. The summed E-state index contributed by atoms with van der Waals surface area (Å²) in [5, 5.41) is 11.9. The topological polar surface area (TPSA) is 73.2 Å². The summed E-state index contributed by atoms with van der Waals surface area (Å²) in [7, 11) is 0. The van der Waals surface area contributed by atoms with Crippen molar-refractivity contribution in [3.63, 3.8) is 0 Å². The van der Waals surface area contributed by atoms with Gasteiger partial charge in [0.15, 0.2) is 0 Å². The summed E-state index contributed by atoms with van der Waals surface area (Å²) >= 11 is 1.64. The number of likely N-dealkylation sites (tertiary alicyclic amines) is 1. The molecule has 0 unspecified atom stereocenters. The predicted octanol–water partition coefficient (Wildman–Crippen LogP) is 2.37. The fraction of sp³-hybridized carbons (Fsp3) is 0.450. The Kier molecular flexibility index (Phi) is 5.20. The Labute approximate surface area is 162 Å². The Morgan fingerprint density at radius 2 is 2.15 bits per heavy atom. The molecule has 6 nitrogen and oxygen atoms in total. The molecular formula is C20H23N3O3S. The van der Waals surface area contributed by atoms with E-state index in [0.717, 1.165) is 24.2 Å². The zero-order chi connectivity index (χ0) is 18.8. The molecule has 0 radical (unpaired) electrons. The van der Waals surface area contributed by atoms with Crippen LogP contribution in [-0.2, 0) is 16.0 Å². The molecule has 0 aromatic heterocycles. The number of rotatable bonds is 4. The summed E-state index contributed by atoms with van der Waals surface area (Å²) in [6, 6.07) is 7.61. The van der Waals surface area contributed by atoms with Gasteiger partial charge in [0.2, 0.25) is 11.8 Å². The first-order valence-corrected chi connectivity index (χ1v) is 10.5. The van der Waals surface area contributed by atoms with Gasteiger partial charge < -0.3 is 15.0 Å². The first kappa shape index (κ1) is 18.1. The van der Waals surface area contributed by atoms with E-state index >= 15 is 0 Å². The maximum atomic E-state index is 13.0. The van der Waals surface area contributed by atoms with E-state index in [0.29, 0.717) is 25.3 Å². The zero-order valence-electron chi connectivity index (χ0n) is 15.1. The van der Waals surface area contributed by atoms with Gasteiger partial charge in [-0.05, 0) is 30.4 Å². The maximum absolute atomic E-state index is 13.0. The van der Waals surface area contributed by atoms with Crippen molar-refractivity contribution in [1.29, 1.82) is 0 Å². The number of oxime groups is 1. The molecule has 4 rings (SSSR count). The smallest absolute Gasteiger partial charge is 0.246 e. The SMILES string of the molecule is O=C([C@H]1CCCN1C(=O)CC1=Cc2ccccc2C1)N1CSC[C@H]1C=NO. The molecule has 0 spiro atoms. The Balaban J connectivity index is 1.42. The van der Waals surface area contributed by atoms with Gasteiger partial charge >= 0.3 is 0 Å². The van der Waals surface area contributed by atoms with E-state index in [2.05, 4.69) is 23.4 Å². The van der Waals surface area contributed by atoms with E-state index in [1.165, 1.54) is 17.3 Å². The van der Waals surface area contributed by atoms with Crippen LogP contribution in [0.1, 0.15) is 30.4 Å². The molecule has 7 heteroatoms. The maximum Gasteiger partial charge on any atom is 0.246 e. The summed E-state index contributed by atoms with van der Waals surface area (Å²) in [6.45, 7) is 0.634. The van der Waals surface area contributed by atoms with Crippen LogP contribution in [0.25, 0.3) is 6.08 Å². The second-order valence-electron chi connectivity index (χ2n) is 7.24. The van der Waals surface area contributed by atoms with Crippen LogP contribution < -0.4 is 0 Å². The quantitative estimate of drug-likeness (QED) is 0.491. The molecule has 0 saturated carbocycles. The van der Waals surface area contributed by atoms with Crippen molar-refractivity contribution in [3.8, 4) is 0 Å². The van der Waals surface area contributed by atoms with E-state index in [1.807, 2.05) is 12.1 Å². The van der Waals surface area contributed by atoms with Crippen molar-refractivity contribution in [2.45, 2.75) is 37.8 Å². The number of fused-ring (bicyclic) bond motifs is 1. The molecule has 142 valence electrons. The van der Waals surface area contributed by atoms with E-state index in [1.54, 1.807) is 21.6 Å². The van der Waals surface area contributed by atoms with Gasteiger partial charge in [0.25, 0.3) is 0 Å². The molecule has 2 aliphatic heterocycles. The highest BCUT2D eigenvalue weighted by molar-refractivity contribution is 7.99. The van der Waals surface area contributed by atoms with Crippen LogP contribution in [0, 0.1) is 0 Å². The molecule has 3 aliphatic rings. The molecule has 1 aromatic rings. The second kappa shape index (κ2) is 7.76. The van der Waals surface area contributed by atoms with Gasteiger partial charge in [-0.3, -0.25) is 9.59 Å². The van der Waals surface area contributed by atoms with Gasteiger partial charge in [-0.2, -0.15) is 0 Å². The van der Waals surface area contributed by atoms with Gasteiger partial charge in [0.05, 0.1) is 18.1 Å². The number of amides is 2. The molecule has 2 heterocycles. The minimum Gasteiger partial charge on any atom is -0.411 e. The lowest BCUT2D eigenvalue weighted by atomic mass is 10.1. The highest BCUT2D eigenvalue weighted by Crippen LogP contribution is 2.30. The number of benzene rings is 1. The third kappa shape index (κ3) is 3.60. The molecule has 2 fully saturated rings. The Morgan fingerprint density at radius 3 is 2.96 bits per heavy atom. The van der Waals surface area contributed by atoms with Crippen molar-refractivity contribution < 1.29 is 14.8 Å². The minimum absolute atomic E-state index is 0.0283. The van der Waals surface area contributed by atoms with Gasteiger partial charge in [0.1, 0.15) is 6.04 Å². The van der Waals surface area contributed by atoms with Crippen LogP contribution in [0.15, 0.2) is 35.0 Å². The third-order valence-corrected chi connectivity index (χ3v) is 6.55. The lowest BCUT2D eigenvalue weighted by Crippen LogP contribution is -2.50. The minimum atomic E-state index is -0.393. The third-order valence-electron chi connectivity index (χ3n) is 5.51. The lowest BCUT2D eigenvalue weighted by Gasteiger charge is -2.29. The van der Waals surface area contributed by atoms with Crippen molar-refractivity contribution in [2.75, 3.05) is 18.2 Å². The number of carbonyl (C=O) groups excluding carboxylic acids is 2. The van der Waals surface area contributed by atoms with Crippen molar-refractivity contribution in [2.24, 2.45) is 5.16 Å². The zero-order valence-corrected chi connectivity index (χ0v) is 15.9. The Morgan fingerprint density at radius 1 is 1.30 bits per heavy atom. The fourth-order valence-electron chi connectivity index (χ4n) is 4.16. The Bertz CT molecular complexity index is 807. The van der Waals surface area contributed by atoms with E-state index in [-0.39, 0.29) is 17.9 Å². The first-order valence-electron chi connectivity index (χ1n) is 9.30. The van der Waals surface area contributed by atoms with Gasteiger partial charge in [-0.15, -0.1) is 11.8 Å². The van der Waals surface area contributed by atoms with Crippen LogP contribution in [-0.4, -0.2) is 63.3 Å². The summed E-state index contributed by atoms with van der Waals surface area (Å²) in [4.78, 5) is 29.4. The van der Waals surface area contributed by atoms with E-state index in [4.69, 9.17) is 5.21 Å². The molecule has 0 bridgehead atoms. The number of nitrogens with zero attached hydrogens (tertiary/aromatic N) is 3. The molecule has 2 saturated heterocycles. The standard InChI is InChI=1S/C20H23N3O3S/c24-19(10-14-8-15-4-1-2-5-16(15)9-14)22-7-3-6-18(22)20(25)23-13-27-12-17(23)11-21-26/h1-2,4-5,8,11,17-18,26H,3,6-7,9-10,12-13H2/t17-,18-/m1/s1. The van der Waals surface area contributed by atoms with Gasteiger partial charge in [0, 0.05) is 18.7 Å². The highest BCUT2D eigenvalue weighted by atomic mass is 32.2. The van der Waals surface area contributed by atoms with Crippen LogP contribution in [0.3, 0.4) is 0 Å². The summed E-state index contributed by atoms with van der Waals surface area (Å²) in [5.74, 6) is 1.31. The average Bonchev–Trinajstić information content (AvgIpc) is 3.40. The van der Waals surface area contributed by atoms with Crippen LogP contribution in [0.2, 0.25) is 0 Å². The summed E-state index contributed by atoms with van der Waals surface area (Å²) in [5.41, 5.74) is 3.56. The molecule has 1 aromatic carbocycles. The molecule has 1 N–H and O–H groups in total. The van der Waals surface area contributed by atoms with E-state index in [9.17, 15) is 9.59 Å². The van der Waals surface area contributed by atoms with Crippen molar-refractivity contribution in [1.82, 2.24) is 9.80 Å².